The standard InChI is InChI=1S/C16H18F2N2O/c1-3-13(4-2)20-8-7-12(19-20)10-16(21)14-9-11(17)5-6-15(14)18/h5-9,13H,3-4,10H2,1-2H3. The Balaban J connectivity index is 2.15. The van der Waals surface area contributed by atoms with Crippen LogP contribution in [-0.2, 0) is 6.42 Å². The molecule has 2 rings (SSSR count). The predicted molar refractivity (Wildman–Crippen MR) is 76.2 cm³/mol. The average Bonchev–Trinajstić information content (AvgIpc) is 2.91. The molecule has 0 saturated heterocycles. The van der Waals surface area contributed by atoms with Crippen molar-refractivity contribution in [3.8, 4) is 0 Å². The number of benzene rings is 1. The molecule has 2 aromatic rings. The van der Waals surface area contributed by atoms with Gasteiger partial charge in [-0.3, -0.25) is 9.48 Å². The Kier molecular flexibility index (Phi) is 4.83. The number of nitrogens with zero attached hydrogens (tertiary/aromatic N) is 2. The Bertz CT molecular complexity index is 633. The van der Waals surface area contributed by atoms with E-state index in [9.17, 15) is 13.6 Å². The number of hydrogen-bond acceptors (Lipinski definition) is 2. The van der Waals surface area contributed by atoms with E-state index in [4.69, 9.17) is 0 Å². The van der Waals surface area contributed by atoms with Gasteiger partial charge in [-0.2, -0.15) is 5.10 Å². The Labute approximate surface area is 122 Å². The van der Waals surface area contributed by atoms with Gasteiger partial charge in [0.25, 0.3) is 0 Å². The first kappa shape index (κ1) is 15.4. The molecule has 0 radical (unpaired) electrons. The third-order valence-corrected chi connectivity index (χ3v) is 3.55. The molecular formula is C16H18F2N2O. The van der Waals surface area contributed by atoms with Crippen LogP contribution in [0.4, 0.5) is 8.78 Å². The molecule has 0 spiro atoms. The minimum Gasteiger partial charge on any atom is -0.294 e. The maximum atomic E-state index is 13.6. The summed E-state index contributed by atoms with van der Waals surface area (Å²) in [5.74, 6) is -1.80. The summed E-state index contributed by atoms with van der Waals surface area (Å²) in [5.41, 5.74) is 0.336. The van der Waals surface area contributed by atoms with Crippen molar-refractivity contribution in [3.63, 3.8) is 0 Å². The molecule has 5 heteroatoms. The van der Waals surface area contributed by atoms with Crippen molar-refractivity contribution in [3.05, 3.63) is 53.4 Å². The van der Waals surface area contributed by atoms with Gasteiger partial charge in [0.15, 0.2) is 5.78 Å². The number of rotatable bonds is 6. The van der Waals surface area contributed by atoms with E-state index in [1.54, 1.807) is 6.07 Å². The fraction of sp³-hybridized carbons (Fsp3) is 0.375. The van der Waals surface area contributed by atoms with Crippen molar-refractivity contribution in [2.24, 2.45) is 0 Å². The smallest absolute Gasteiger partial charge is 0.171 e. The lowest BCUT2D eigenvalue weighted by atomic mass is 10.1. The van der Waals surface area contributed by atoms with E-state index in [1.807, 2.05) is 10.9 Å². The molecule has 0 aliphatic rings. The normalized spacial score (nSPS) is 11.1. The first-order valence-corrected chi connectivity index (χ1v) is 7.07. The van der Waals surface area contributed by atoms with Crippen molar-refractivity contribution in [2.45, 2.75) is 39.2 Å². The van der Waals surface area contributed by atoms with Crippen molar-refractivity contribution in [1.82, 2.24) is 9.78 Å². The Hall–Kier alpha value is -2.04. The van der Waals surface area contributed by atoms with Crippen molar-refractivity contribution < 1.29 is 13.6 Å². The van der Waals surface area contributed by atoms with Crippen molar-refractivity contribution >= 4 is 5.78 Å². The van der Waals surface area contributed by atoms with E-state index in [0.29, 0.717) is 11.7 Å². The van der Waals surface area contributed by atoms with Gasteiger partial charge in [0.1, 0.15) is 11.6 Å². The zero-order valence-corrected chi connectivity index (χ0v) is 12.1. The molecule has 0 N–H and O–H groups in total. The molecule has 0 bridgehead atoms. The molecule has 3 nitrogen and oxygen atoms in total. The lowest BCUT2D eigenvalue weighted by molar-refractivity contribution is 0.0987. The molecule has 0 fully saturated rings. The molecule has 0 aliphatic carbocycles. The van der Waals surface area contributed by atoms with Crippen molar-refractivity contribution in [2.75, 3.05) is 0 Å². The zero-order chi connectivity index (χ0) is 15.4. The molecule has 0 saturated carbocycles. The van der Waals surface area contributed by atoms with Gasteiger partial charge in [-0.15, -0.1) is 0 Å². The highest BCUT2D eigenvalue weighted by atomic mass is 19.1. The molecule has 0 unspecified atom stereocenters. The third kappa shape index (κ3) is 3.54. The third-order valence-electron chi connectivity index (χ3n) is 3.55. The second-order valence-electron chi connectivity index (χ2n) is 4.98. The lowest BCUT2D eigenvalue weighted by Crippen LogP contribution is -2.10. The van der Waals surface area contributed by atoms with Crippen LogP contribution >= 0.6 is 0 Å². The van der Waals surface area contributed by atoms with Gasteiger partial charge in [-0.25, -0.2) is 8.78 Å². The lowest BCUT2D eigenvalue weighted by Gasteiger charge is -2.12. The number of halogens is 2. The summed E-state index contributed by atoms with van der Waals surface area (Å²) in [6.07, 6.45) is 3.68. The molecule has 1 aromatic carbocycles. The second kappa shape index (κ2) is 6.61. The van der Waals surface area contributed by atoms with Gasteiger partial charge in [-0.05, 0) is 37.1 Å². The van der Waals surface area contributed by atoms with Crippen LogP contribution in [0.25, 0.3) is 0 Å². The quantitative estimate of drug-likeness (QED) is 0.756. The number of ketones is 1. The number of Topliss-reactive ketones (excluding diaryl/α,β-unsaturated/α-hetero) is 1. The summed E-state index contributed by atoms with van der Waals surface area (Å²) in [7, 11) is 0. The fourth-order valence-corrected chi connectivity index (χ4v) is 2.31. The van der Waals surface area contributed by atoms with Crippen LogP contribution in [0, 0.1) is 11.6 Å². The zero-order valence-electron chi connectivity index (χ0n) is 12.1. The number of aromatic nitrogens is 2. The van der Waals surface area contributed by atoms with E-state index in [-0.39, 0.29) is 12.0 Å². The maximum absolute atomic E-state index is 13.6. The summed E-state index contributed by atoms with van der Waals surface area (Å²) >= 11 is 0. The number of carbonyl (C=O) groups is 1. The highest BCUT2D eigenvalue weighted by molar-refractivity contribution is 5.97. The SMILES string of the molecule is CCC(CC)n1ccc(CC(=O)c2cc(F)ccc2F)n1. The molecule has 0 aliphatic heterocycles. The van der Waals surface area contributed by atoms with Crippen LogP contribution in [-0.4, -0.2) is 15.6 Å². The van der Waals surface area contributed by atoms with Gasteiger partial charge < -0.3 is 0 Å². The van der Waals surface area contributed by atoms with E-state index in [1.165, 1.54) is 0 Å². The van der Waals surface area contributed by atoms with Crippen LogP contribution < -0.4 is 0 Å². The number of hydrogen-bond donors (Lipinski definition) is 0. The van der Waals surface area contributed by atoms with E-state index < -0.39 is 17.4 Å². The first-order valence-electron chi connectivity index (χ1n) is 7.07. The Morgan fingerprint density at radius 2 is 1.95 bits per heavy atom. The molecule has 1 heterocycles. The minimum absolute atomic E-state index is 0.0342. The summed E-state index contributed by atoms with van der Waals surface area (Å²) in [4.78, 5) is 12.0. The van der Waals surface area contributed by atoms with Gasteiger partial charge in [-0.1, -0.05) is 13.8 Å². The Morgan fingerprint density at radius 1 is 1.24 bits per heavy atom. The molecular weight excluding hydrogens is 274 g/mol. The summed E-state index contributed by atoms with van der Waals surface area (Å²) in [5, 5.41) is 4.35. The van der Waals surface area contributed by atoms with E-state index >= 15 is 0 Å². The maximum Gasteiger partial charge on any atom is 0.171 e. The fourth-order valence-electron chi connectivity index (χ4n) is 2.31. The van der Waals surface area contributed by atoms with Crippen LogP contribution in [0.3, 0.4) is 0 Å². The number of carbonyl (C=O) groups excluding carboxylic acids is 1. The van der Waals surface area contributed by atoms with Crippen LogP contribution in [0.2, 0.25) is 0 Å². The first-order chi connectivity index (χ1) is 10.0. The van der Waals surface area contributed by atoms with Gasteiger partial charge in [0, 0.05) is 6.20 Å². The van der Waals surface area contributed by atoms with Gasteiger partial charge in [0.05, 0.1) is 23.7 Å². The van der Waals surface area contributed by atoms with E-state index in [0.717, 1.165) is 31.0 Å². The highest BCUT2D eigenvalue weighted by Crippen LogP contribution is 2.16. The Morgan fingerprint density at radius 3 is 2.62 bits per heavy atom. The minimum atomic E-state index is -0.708. The molecule has 0 amide bonds. The van der Waals surface area contributed by atoms with Gasteiger partial charge >= 0.3 is 0 Å². The topological polar surface area (TPSA) is 34.9 Å². The summed E-state index contributed by atoms with van der Waals surface area (Å²) in [6.45, 7) is 4.14. The highest BCUT2D eigenvalue weighted by Gasteiger charge is 2.16. The van der Waals surface area contributed by atoms with E-state index in [2.05, 4.69) is 18.9 Å². The van der Waals surface area contributed by atoms with Gasteiger partial charge in [0.2, 0.25) is 0 Å². The largest absolute Gasteiger partial charge is 0.294 e. The van der Waals surface area contributed by atoms with Crippen LogP contribution in [0.1, 0.15) is 48.8 Å². The molecule has 0 atom stereocenters. The van der Waals surface area contributed by atoms with Crippen LogP contribution in [0.5, 0.6) is 0 Å². The molecule has 112 valence electrons. The average molecular weight is 292 g/mol. The van der Waals surface area contributed by atoms with Crippen molar-refractivity contribution in [1.29, 1.82) is 0 Å². The predicted octanol–water partition coefficient (Wildman–Crippen LogP) is 3.95. The molecule has 1 aromatic heterocycles. The summed E-state index contributed by atoms with van der Waals surface area (Å²) in [6, 6.07) is 4.92. The summed E-state index contributed by atoms with van der Waals surface area (Å²) < 4.78 is 28.5. The molecule has 21 heavy (non-hydrogen) atoms. The van der Waals surface area contributed by atoms with Crippen LogP contribution in [0.15, 0.2) is 30.5 Å². The second-order valence-corrected chi connectivity index (χ2v) is 4.98. The monoisotopic (exact) mass is 292 g/mol.